The van der Waals surface area contributed by atoms with Crippen LogP contribution in [0.5, 0.6) is 116 Å². The number of fused-ring (bicyclic) bond motifs is 24. The molecule has 0 bridgehead atoms. The van der Waals surface area contributed by atoms with Crippen LogP contribution in [0, 0.1) is 0 Å². The van der Waals surface area contributed by atoms with Crippen LogP contribution in [-0.4, -0.2) is 90.1 Å². The first-order chi connectivity index (χ1) is 66.3. The Labute approximate surface area is 771 Å². The topological polar surface area (TPSA) is 224 Å². The zero-order valence-corrected chi connectivity index (χ0v) is 71.7. The van der Waals surface area contributed by atoms with Crippen LogP contribution in [-0.2, 0) is 5.41 Å². The Morgan fingerprint density at radius 2 is 0.537 bits per heavy atom. The van der Waals surface area contributed by atoms with Gasteiger partial charge in [-0.3, -0.25) is 19.9 Å². The summed E-state index contributed by atoms with van der Waals surface area (Å²) in [4.78, 5) is 44.4. The zero-order chi connectivity index (χ0) is 88.6. The average molecular weight is 1730 g/mol. The molecule has 27 heteroatoms. The summed E-state index contributed by atoms with van der Waals surface area (Å²) in [5, 5.41) is 0. The van der Waals surface area contributed by atoms with E-state index in [2.05, 4.69) is 251 Å². The van der Waals surface area contributed by atoms with Gasteiger partial charge in [0.2, 0.25) is 29.4 Å². The molecular weight excluding hydrogens is 1660 g/mol. The van der Waals surface area contributed by atoms with Crippen molar-refractivity contribution >= 4 is 156 Å². The van der Waals surface area contributed by atoms with E-state index >= 15 is 0 Å². The normalized spacial score (nSPS) is 13.9. The quantitative estimate of drug-likeness (QED) is 0.139. The summed E-state index contributed by atoms with van der Waals surface area (Å²) >= 11 is 0. The summed E-state index contributed by atoms with van der Waals surface area (Å²) in [5.41, 5.74) is 26.7. The second kappa shape index (κ2) is 31.5. The minimum absolute atomic E-state index is 0.00587. The third kappa shape index (κ3) is 12.6. The van der Waals surface area contributed by atoms with Crippen molar-refractivity contribution < 1.29 is 47.4 Å². The van der Waals surface area contributed by atoms with Gasteiger partial charge in [0, 0.05) is 63.7 Å². The van der Waals surface area contributed by atoms with Crippen molar-refractivity contribution in [3.8, 4) is 116 Å². The van der Waals surface area contributed by atoms with Crippen LogP contribution in [0.15, 0.2) is 372 Å². The molecule has 134 heavy (non-hydrogen) atoms. The van der Waals surface area contributed by atoms with Gasteiger partial charge in [-0.2, -0.15) is 0 Å². The van der Waals surface area contributed by atoms with Crippen LogP contribution >= 0.6 is 0 Å². The summed E-state index contributed by atoms with van der Waals surface area (Å²) in [6.07, 6.45) is 20.1. The first-order valence-corrected chi connectivity index (χ1v) is 44.3. The minimum Gasteiger partial charge on any atom is -0.458 e. The van der Waals surface area contributed by atoms with Crippen molar-refractivity contribution in [2.24, 2.45) is 0 Å². The Hall–Kier alpha value is -17.3. The molecule has 12 aromatic carbocycles. The molecule has 0 saturated carbocycles. The van der Waals surface area contributed by atoms with Crippen LogP contribution in [0.2, 0.25) is 0 Å². The number of aromatic nitrogens is 10. The van der Waals surface area contributed by atoms with Crippen molar-refractivity contribution in [1.29, 1.82) is 0 Å². The lowest BCUT2D eigenvalue weighted by atomic mass is 9.31. The Bertz CT molecular complexity index is 7190. The number of rotatable bonds is 1. The van der Waals surface area contributed by atoms with Crippen molar-refractivity contribution in [2.45, 2.75) is 19.3 Å². The fourth-order valence-electron chi connectivity index (χ4n) is 21.0. The first kappa shape index (κ1) is 77.8. The molecule has 21 nitrogen and oxygen atoms in total. The van der Waals surface area contributed by atoms with Crippen LogP contribution < -0.4 is 151 Å². The molecule has 0 aliphatic carbocycles. The Balaban J connectivity index is 0.0000000841. The molecule has 0 fully saturated rings. The third-order valence-corrected chi connectivity index (χ3v) is 26.7. The molecule has 0 atom stereocenters. The maximum absolute atomic E-state index is 6.30. The molecule has 0 spiro atoms. The van der Waals surface area contributed by atoms with Gasteiger partial charge < -0.3 is 52.3 Å². The molecule has 12 aliphatic rings. The molecule has 19 heterocycles. The summed E-state index contributed by atoms with van der Waals surface area (Å²) < 4.78 is 59.8. The van der Waals surface area contributed by atoms with E-state index in [1.165, 1.54) is 85.2 Å². The number of nitrogens with zero attached hydrogens (tertiary/aromatic N) is 11. The molecule has 31 rings (SSSR count). The molecule has 0 N–H and O–H groups in total. The van der Waals surface area contributed by atoms with Gasteiger partial charge >= 0.3 is 0 Å². The highest BCUT2D eigenvalue weighted by Crippen LogP contribution is 2.44. The number of ether oxygens (including phenoxy) is 10. The molecule has 19 aromatic rings. The summed E-state index contributed by atoms with van der Waals surface area (Å²) in [6.45, 7) is 5.29. The fourth-order valence-corrected chi connectivity index (χ4v) is 21.0. The second-order valence-corrected chi connectivity index (χ2v) is 34.2. The van der Waals surface area contributed by atoms with Gasteiger partial charge in [-0.25, -0.2) is 29.9 Å². The number of pyridine rings is 4. The smallest absolute Gasteiger partial charge is 0.271 e. The van der Waals surface area contributed by atoms with Crippen LogP contribution in [0.3, 0.4) is 0 Å². The van der Waals surface area contributed by atoms with E-state index < -0.39 is 0 Å². The van der Waals surface area contributed by atoms with Crippen molar-refractivity contribution in [3.05, 3.63) is 383 Å². The maximum Gasteiger partial charge on any atom is 0.271 e. The molecule has 0 saturated heterocycles. The SMILES string of the molecule is CC1(C)c2ccccc2B2c3ccccc3Oc3cccc1c32.c1cc2c(cn1)B1c3cncnc3Oc3ncnc(c31)O2.c1ccc(N2c3ccccc3B3c4ccccc4Oc4cccc2c43)cc1.c1ccc2c(c1)Oc1cncc3c1B2c1ccccc1O3.c1ccc2c(c1)Oc1cncc3c1B2c1ccncc1O3.c1ccc2c(c1)Oc1ncnc3c1B2c1ccccc1O3. The highest BCUT2D eigenvalue weighted by molar-refractivity contribution is 7.01. The fraction of sp³-hybridized carbons (Fsp3) is 0.0280. The van der Waals surface area contributed by atoms with Crippen LogP contribution in [0.4, 0.5) is 17.1 Å². The Kier molecular flexibility index (Phi) is 18.3. The number of hydrogen-bond donors (Lipinski definition) is 0. The first-order valence-electron chi connectivity index (χ1n) is 44.3. The summed E-state index contributed by atoms with van der Waals surface area (Å²) in [6, 6.07) is 102. The maximum atomic E-state index is 6.30. The van der Waals surface area contributed by atoms with Gasteiger partial charge in [0.05, 0.1) is 41.9 Å². The van der Waals surface area contributed by atoms with E-state index in [0.29, 0.717) is 29.4 Å². The summed E-state index contributed by atoms with van der Waals surface area (Å²) in [5.74, 6) is 15.5. The van der Waals surface area contributed by atoms with Crippen molar-refractivity contribution in [1.82, 2.24) is 49.8 Å². The van der Waals surface area contributed by atoms with Gasteiger partial charge in [0.1, 0.15) is 105 Å². The van der Waals surface area contributed by atoms with Crippen LogP contribution in [0.25, 0.3) is 0 Å². The zero-order valence-electron chi connectivity index (χ0n) is 71.7. The Morgan fingerprint density at radius 1 is 0.201 bits per heavy atom. The average Bonchev–Trinajstić information content (AvgIpc) is 0.731. The molecule has 0 amide bonds. The predicted molar refractivity (Wildman–Crippen MR) is 523 cm³/mol. The lowest BCUT2D eigenvalue weighted by Crippen LogP contribution is -2.62. The van der Waals surface area contributed by atoms with Gasteiger partial charge in [-0.1, -0.05) is 226 Å². The highest BCUT2D eigenvalue weighted by atomic mass is 16.5. The van der Waals surface area contributed by atoms with Gasteiger partial charge in [0.15, 0.2) is 0 Å². The standard InChI is InChI=1S/C24H16BNO.C21H17BO.C17H10BNO2.2C16H9BN2O2.C13H6BN5O2/c1-2-9-17(10-3-1)26-20-13-6-4-11-18(20)25-19-12-5-7-15-22(19)27-23-16-8-14-21(26)24(23)25;1-21(2)14-8-3-4-10-16(14)22-17-11-5-6-12-18(17)23-19-13-7-9-15(21)20(19)22;1-3-7-13-11(5-1)18-12-6-2-4-8-14(12)21-16-10-19-9-15(20-13)17(16)18;1-3-7-12-10(5-1)17-11-6-2-4-8-13(11)21-16-14(17)15(20-12)18-9-19-16;1-2-4-12-10(3-1)17-11-5-6-18-7-13(11)21-15-9-19-8-14(20-12)16(15)17;1-2-15-3-7-9(1)20-12-10-13(19-6-18-12)21-11-8(14(7)10)4-16-5-17-11/h1-16H;3-13H,1-2H3;1-10H;2*1-9H;1-6H. The van der Waals surface area contributed by atoms with E-state index in [9.17, 15) is 0 Å². The number of hydrogen-bond acceptors (Lipinski definition) is 21. The van der Waals surface area contributed by atoms with Gasteiger partial charge in [-0.05, 0) is 168 Å². The van der Waals surface area contributed by atoms with Crippen molar-refractivity contribution in [3.63, 3.8) is 0 Å². The molecule has 0 radical (unpaired) electrons. The van der Waals surface area contributed by atoms with Crippen LogP contribution in [0.1, 0.15) is 25.0 Å². The molecule has 12 aliphatic heterocycles. The van der Waals surface area contributed by atoms with E-state index in [0.717, 1.165) is 147 Å². The lowest BCUT2D eigenvalue weighted by Gasteiger charge is -2.41. The number of anilines is 3. The van der Waals surface area contributed by atoms with Gasteiger partial charge in [0.25, 0.3) is 40.3 Å². The van der Waals surface area contributed by atoms with E-state index in [1.807, 2.05) is 115 Å². The number of benzene rings is 12. The van der Waals surface area contributed by atoms with Crippen molar-refractivity contribution in [2.75, 3.05) is 4.90 Å². The van der Waals surface area contributed by atoms with E-state index in [4.69, 9.17) is 47.4 Å². The highest BCUT2D eigenvalue weighted by Gasteiger charge is 2.49. The molecular formula is C107H67B6N11O10. The third-order valence-electron chi connectivity index (χ3n) is 26.7. The van der Waals surface area contributed by atoms with E-state index in [1.54, 1.807) is 55.8 Å². The van der Waals surface area contributed by atoms with Gasteiger partial charge in [-0.15, -0.1) is 0 Å². The second-order valence-electron chi connectivity index (χ2n) is 34.2. The van der Waals surface area contributed by atoms with E-state index in [-0.39, 0.29) is 45.7 Å². The minimum atomic E-state index is -0.126. The lowest BCUT2D eigenvalue weighted by molar-refractivity contribution is 0.427. The molecule has 7 aromatic heterocycles. The molecule has 0 unspecified atom stereocenters. The monoisotopic (exact) mass is 1730 g/mol. The Morgan fingerprint density at radius 3 is 1.07 bits per heavy atom. The largest absolute Gasteiger partial charge is 0.458 e. The number of para-hydroxylation sites is 9. The predicted octanol–water partition coefficient (Wildman–Crippen LogP) is 10.6. The molecule has 628 valence electrons. The summed E-state index contributed by atoms with van der Waals surface area (Å²) in [7, 11) is 0.